The van der Waals surface area contributed by atoms with Crippen LogP contribution < -0.4 is 9.47 Å². The van der Waals surface area contributed by atoms with Gasteiger partial charge >= 0.3 is 12.4 Å². The Hall–Kier alpha value is -4.02. The molecule has 4 rings (SSSR count). The van der Waals surface area contributed by atoms with Crippen LogP contribution in [0.15, 0.2) is 67.0 Å². The molecule has 0 aliphatic carbocycles. The molecule has 182 valence electrons. The topological polar surface area (TPSA) is 60.0 Å². The molecule has 0 spiro atoms. The molecule has 0 unspecified atom stereocenters. The van der Waals surface area contributed by atoms with E-state index in [-0.39, 0.29) is 6.61 Å². The molecule has 4 aromatic rings. The number of hydrogen-bond acceptors (Lipinski definition) is 4. The zero-order chi connectivity index (χ0) is 25.2. The number of pyridine rings is 1. The second-order valence-corrected chi connectivity index (χ2v) is 7.42. The van der Waals surface area contributed by atoms with Crippen LogP contribution in [-0.4, -0.2) is 22.1 Å². The van der Waals surface area contributed by atoms with Crippen molar-refractivity contribution in [3.63, 3.8) is 0 Å². The highest BCUT2D eigenvalue weighted by molar-refractivity contribution is 5.67. The highest BCUT2D eigenvalue weighted by Gasteiger charge is 2.32. The molecule has 0 aliphatic heterocycles. The van der Waals surface area contributed by atoms with Gasteiger partial charge in [0.15, 0.2) is 11.5 Å². The number of hydrogen-bond donors (Lipinski definition) is 1. The summed E-state index contributed by atoms with van der Waals surface area (Å²) in [5.41, 5.74) is 0.465. The van der Waals surface area contributed by atoms with E-state index in [0.29, 0.717) is 39.7 Å². The molecular weight excluding hydrogens is 476 g/mol. The fourth-order valence-corrected chi connectivity index (χ4v) is 3.22. The lowest BCUT2D eigenvalue weighted by molar-refractivity contribution is -0.141. The predicted octanol–water partition coefficient (Wildman–Crippen LogP) is 6.76. The van der Waals surface area contributed by atoms with Crippen molar-refractivity contribution in [3.8, 4) is 34.1 Å². The van der Waals surface area contributed by atoms with E-state index in [9.17, 15) is 26.3 Å². The predicted molar refractivity (Wildman–Crippen MR) is 115 cm³/mol. The molecule has 0 bridgehead atoms. The number of rotatable bonds is 6. The summed E-state index contributed by atoms with van der Waals surface area (Å²) in [7, 11) is 1.44. The van der Waals surface area contributed by atoms with Crippen LogP contribution in [0.3, 0.4) is 0 Å². The third kappa shape index (κ3) is 5.56. The van der Waals surface area contributed by atoms with Gasteiger partial charge in [0.25, 0.3) is 0 Å². The van der Waals surface area contributed by atoms with Gasteiger partial charge in [-0.2, -0.15) is 26.3 Å². The first-order chi connectivity index (χ1) is 16.5. The SMILES string of the molecule is COc1cc(-c2cnc(-c3ccc(C(F)(F)F)cc3)[nH]2)ccc1OCc1ccc(C(F)(F)F)nc1. The summed E-state index contributed by atoms with van der Waals surface area (Å²) in [6.07, 6.45) is -6.30. The van der Waals surface area contributed by atoms with Gasteiger partial charge in [-0.3, -0.25) is 4.98 Å². The monoisotopic (exact) mass is 493 g/mol. The van der Waals surface area contributed by atoms with Crippen molar-refractivity contribution in [1.29, 1.82) is 0 Å². The van der Waals surface area contributed by atoms with Crippen LogP contribution in [0, 0.1) is 0 Å². The number of halogens is 6. The number of benzene rings is 2. The molecule has 0 atom stereocenters. The van der Waals surface area contributed by atoms with Crippen molar-refractivity contribution in [3.05, 3.63) is 83.8 Å². The van der Waals surface area contributed by atoms with Crippen LogP contribution in [0.25, 0.3) is 22.6 Å². The number of nitrogens with one attached hydrogen (secondary N) is 1. The van der Waals surface area contributed by atoms with E-state index in [0.717, 1.165) is 24.4 Å². The minimum absolute atomic E-state index is 0.0248. The van der Waals surface area contributed by atoms with Gasteiger partial charge in [-0.15, -0.1) is 0 Å². The summed E-state index contributed by atoms with van der Waals surface area (Å²) < 4.78 is 87.3. The first-order valence-corrected chi connectivity index (χ1v) is 10.1. The zero-order valence-corrected chi connectivity index (χ0v) is 18.0. The third-order valence-corrected chi connectivity index (χ3v) is 5.05. The summed E-state index contributed by atoms with van der Waals surface area (Å²) in [4.78, 5) is 10.7. The second kappa shape index (κ2) is 9.32. The average Bonchev–Trinajstić information content (AvgIpc) is 3.32. The maximum Gasteiger partial charge on any atom is 0.433 e. The average molecular weight is 493 g/mol. The van der Waals surface area contributed by atoms with E-state index < -0.39 is 23.6 Å². The van der Waals surface area contributed by atoms with E-state index in [4.69, 9.17) is 9.47 Å². The Morgan fingerprint density at radius 1 is 0.771 bits per heavy atom. The highest BCUT2D eigenvalue weighted by atomic mass is 19.4. The Morgan fingerprint density at radius 2 is 1.49 bits per heavy atom. The number of aromatic amines is 1. The molecule has 2 aromatic heterocycles. The Morgan fingerprint density at radius 3 is 2.09 bits per heavy atom. The maximum atomic E-state index is 12.8. The molecule has 0 fully saturated rings. The molecule has 0 saturated carbocycles. The Labute approximate surface area is 195 Å². The van der Waals surface area contributed by atoms with Crippen molar-refractivity contribution in [1.82, 2.24) is 15.0 Å². The summed E-state index contributed by atoms with van der Waals surface area (Å²) in [5.74, 6) is 1.12. The van der Waals surface area contributed by atoms with E-state index in [2.05, 4.69) is 15.0 Å². The molecule has 5 nitrogen and oxygen atoms in total. The number of alkyl halides is 6. The molecule has 0 amide bonds. The van der Waals surface area contributed by atoms with Gasteiger partial charge in [0.2, 0.25) is 0 Å². The Kier molecular flexibility index (Phi) is 6.42. The standard InChI is InChI=1S/C24H17F6N3O2/c1-34-20-10-16(5-8-19(20)35-13-14-2-9-21(31-11-14)24(28,29)30)18-12-32-22(33-18)15-3-6-17(7-4-15)23(25,26)27/h2-12H,13H2,1H3,(H,32,33). The molecular formula is C24H17F6N3O2. The molecule has 0 saturated heterocycles. The molecule has 2 heterocycles. The fraction of sp³-hybridized carbons (Fsp3) is 0.167. The number of imidazole rings is 1. The molecule has 0 radical (unpaired) electrons. The van der Waals surface area contributed by atoms with Crippen molar-refractivity contribution < 1.29 is 35.8 Å². The second-order valence-electron chi connectivity index (χ2n) is 7.42. The number of ether oxygens (including phenoxy) is 2. The van der Waals surface area contributed by atoms with E-state index in [1.54, 1.807) is 18.2 Å². The number of methoxy groups -OCH3 is 1. The van der Waals surface area contributed by atoms with Gasteiger partial charge in [-0.05, 0) is 36.4 Å². The van der Waals surface area contributed by atoms with Crippen LogP contribution in [0.5, 0.6) is 11.5 Å². The van der Waals surface area contributed by atoms with Gasteiger partial charge in [0.05, 0.1) is 24.6 Å². The van der Waals surface area contributed by atoms with E-state index >= 15 is 0 Å². The van der Waals surface area contributed by atoms with Crippen molar-refractivity contribution in [2.45, 2.75) is 19.0 Å². The quantitative estimate of drug-likeness (QED) is 0.302. The molecule has 11 heteroatoms. The molecule has 35 heavy (non-hydrogen) atoms. The van der Waals surface area contributed by atoms with Crippen molar-refractivity contribution in [2.75, 3.05) is 7.11 Å². The smallest absolute Gasteiger partial charge is 0.433 e. The van der Waals surface area contributed by atoms with Gasteiger partial charge < -0.3 is 14.5 Å². The summed E-state index contributed by atoms with van der Waals surface area (Å²) >= 11 is 0. The molecule has 1 N–H and O–H groups in total. The lowest BCUT2D eigenvalue weighted by Gasteiger charge is -2.12. The van der Waals surface area contributed by atoms with Gasteiger partial charge in [0, 0.05) is 22.9 Å². The first kappa shape index (κ1) is 24.1. The van der Waals surface area contributed by atoms with E-state index in [1.165, 1.54) is 31.5 Å². The van der Waals surface area contributed by atoms with E-state index in [1.807, 2.05) is 0 Å². The minimum atomic E-state index is -4.52. The van der Waals surface area contributed by atoms with Crippen LogP contribution >= 0.6 is 0 Å². The largest absolute Gasteiger partial charge is 0.493 e. The molecule has 0 aliphatic rings. The zero-order valence-electron chi connectivity index (χ0n) is 18.0. The summed E-state index contributed by atoms with van der Waals surface area (Å²) in [5, 5.41) is 0. The van der Waals surface area contributed by atoms with Crippen LogP contribution in [0.2, 0.25) is 0 Å². The lowest BCUT2D eigenvalue weighted by Crippen LogP contribution is -2.08. The Bertz CT molecular complexity index is 1300. The molecule has 2 aromatic carbocycles. The third-order valence-electron chi connectivity index (χ3n) is 5.05. The van der Waals surface area contributed by atoms with Gasteiger partial charge in [-0.25, -0.2) is 4.98 Å². The lowest BCUT2D eigenvalue weighted by atomic mass is 10.1. The number of aromatic nitrogens is 3. The van der Waals surface area contributed by atoms with Crippen LogP contribution in [0.4, 0.5) is 26.3 Å². The minimum Gasteiger partial charge on any atom is -0.493 e. The Balaban J connectivity index is 1.48. The summed E-state index contributed by atoms with van der Waals surface area (Å²) in [6.45, 7) is -0.0248. The summed E-state index contributed by atoms with van der Waals surface area (Å²) in [6, 6.07) is 11.8. The number of nitrogens with zero attached hydrogens (tertiary/aromatic N) is 2. The maximum absolute atomic E-state index is 12.8. The van der Waals surface area contributed by atoms with Crippen LogP contribution in [0.1, 0.15) is 16.8 Å². The first-order valence-electron chi connectivity index (χ1n) is 10.1. The van der Waals surface area contributed by atoms with Gasteiger partial charge in [0.1, 0.15) is 18.1 Å². The normalized spacial score (nSPS) is 12.0. The van der Waals surface area contributed by atoms with Gasteiger partial charge in [-0.1, -0.05) is 18.2 Å². The van der Waals surface area contributed by atoms with Crippen molar-refractivity contribution >= 4 is 0 Å². The fourth-order valence-electron chi connectivity index (χ4n) is 3.22. The van der Waals surface area contributed by atoms with Crippen LogP contribution in [-0.2, 0) is 19.0 Å². The van der Waals surface area contributed by atoms with Crippen molar-refractivity contribution in [2.24, 2.45) is 0 Å². The highest BCUT2D eigenvalue weighted by Crippen LogP contribution is 2.34. The number of H-pyrrole nitrogens is 1.